The summed E-state index contributed by atoms with van der Waals surface area (Å²) >= 11 is 0. The summed E-state index contributed by atoms with van der Waals surface area (Å²) in [7, 11) is 0. The van der Waals surface area contributed by atoms with Crippen LogP contribution in [0.5, 0.6) is 0 Å². The molecule has 0 spiro atoms. The highest BCUT2D eigenvalue weighted by Crippen LogP contribution is 2.01. The van der Waals surface area contributed by atoms with E-state index in [2.05, 4.69) is 10.3 Å². The number of carboxylic acid groups (broad SMARTS) is 1. The van der Waals surface area contributed by atoms with Gasteiger partial charge in [0.15, 0.2) is 12.2 Å². The predicted octanol–water partition coefficient (Wildman–Crippen LogP) is -2.22. The number of rotatable bonds is 8. The lowest BCUT2D eigenvalue weighted by Gasteiger charge is -2.21. The molecule has 8 heteroatoms. The Morgan fingerprint density at radius 2 is 2.00 bits per heavy atom. The molecule has 0 aromatic heterocycles. The maximum atomic E-state index is 10.9. The van der Waals surface area contributed by atoms with Gasteiger partial charge in [-0.1, -0.05) is 0 Å². The van der Waals surface area contributed by atoms with Gasteiger partial charge in [-0.3, -0.25) is 15.1 Å². The molecule has 0 aromatic rings. The molecular formula is C9H20N4O4. The largest absolute Gasteiger partial charge is 0.480 e. The second kappa shape index (κ2) is 7.82. The third-order valence-electron chi connectivity index (χ3n) is 2.15. The van der Waals surface area contributed by atoms with E-state index in [-0.39, 0.29) is 5.96 Å². The summed E-state index contributed by atoms with van der Waals surface area (Å²) in [5, 5.41) is 29.2. The van der Waals surface area contributed by atoms with Gasteiger partial charge in [-0.25, -0.2) is 0 Å². The van der Waals surface area contributed by atoms with Crippen LogP contribution in [0, 0.1) is 0 Å². The van der Waals surface area contributed by atoms with Crippen LogP contribution >= 0.6 is 0 Å². The zero-order chi connectivity index (χ0) is 13.4. The smallest absolute Gasteiger partial charge is 0.320 e. The second-order valence-electron chi connectivity index (χ2n) is 3.71. The van der Waals surface area contributed by atoms with Gasteiger partial charge in [0.25, 0.3) is 0 Å². The van der Waals surface area contributed by atoms with E-state index in [0.717, 1.165) is 0 Å². The summed E-state index contributed by atoms with van der Waals surface area (Å²) in [4.78, 5) is 14.6. The van der Waals surface area contributed by atoms with E-state index < -0.39 is 24.3 Å². The summed E-state index contributed by atoms with van der Waals surface area (Å²) < 4.78 is 0. The van der Waals surface area contributed by atoms with E-state index in [1.165, 1.54) is 6.92 Å². The number of aliphatic hydroxyl groups excluding tert-OH is 1. The van der Waals surface area contributed by atoms with Gasteiger partial charge in [0.05, 0.1) is 6.04 Å². The summed E-state index contributed by atoms with van der Waals surface area (Å²) in [6.45, 7) is 1.82. The number of nitrogens with one attached hydrogen (secondary N) is 1. The Morgan fingerprint density at radius 1 is 1.41 bits per heavy atom. The summed E-state index contributed by atoms with van der Waals surface area (Å²) in [6, 6.07) is -1.58. The quantitative estimate of drug-likeness (QED) is 0.123. The number of aliphatic imine (C=N–C) groups is 1. The van der Waals surface area contributed by atoms with Gasteiger partial charge < -0.3 is 26.8 Å². The number of carbonyl (C=O) groups is 1. The van der Waals surface area contributed by atoms with Gasteiger partial charge in [-0.05, 0) is 19.8 Å². The van der Waals surface area contributed by atoms with Crippen LogP contribution in [-0.4, -0.2) is 52.2 Å². The molecule has 0 fully saturated rings. The molecule has 0 aromatic carbocycles. The van der Waals surface area contributed by atoms with Gasteiger partial charge in [0.1, 0.15) is 6.04 Å². The topological polar surface area (TPSA) is 154 Å². The van der Waals surface area contributed by atoms with Crippen molar-refractivity contribution >= 4 is 11.9 Å². The molecule has 0 saturated heterocycles. The number of nitrogens with two attached hydrogens (primary N) is 2. The molecule has 0 unspecified atom stereocenters. The standard InChI is InChI=1S/C9H20N4O4/c1-5(7(14)15)13-6(8(16)17)3-2-4-12-9(10)11/h5-7,13-15H,2-4H2,1H3,(H,16,17)(H4,10,11,12)/t5-,6-/m1/s1. The number of hydrogen-bond donors (Lipinski definition) is 6. The van der Waals surface area contributed by atoms with Crippen LogP contribution in [0.1, 0.15) is 19.8 Å². The maximum Gasteiger partial charge on any atom is 0.320 e. The number of aliphatic carboxylic acids is 1. The van der Waals surface area contributed by atoms with Crippen LogP contribution in [0.25, 0.3) is 0 Å². The molecule has 0 saturated carbocycles. The average molecular weight is 248 g/mol. The first-order chi connectivity index (χ1) is 7.84. The lowest BCUT2D eigenvalue weighted by Crippen LogP contribution is -2.47. The third-order valence-corrected chi connectivity index (χ3v) is 2.15. The Kier molecular flexibility index (Phi) is 7.19. The minimum atomic E-state index is -1.60. The minimum absolute atomic E-state index is 0.0380. The average Bonchev–Trinajstić information content (AvgIpc) is 2.21. The molecule has 0 amide bonds. The summed E-state index contributed by atoms with van der Waals surface area (Å²) in [6.07, 6.45) is -0.825. The van der Waals surface area contributed by atoms with E-state index in [1.807, 2.05) is 0 Å². The number of carboxylic acids is 1. The molecule has 8 N–H and O–H groups in total. The molecular weight excluding hydrogens is 228 g/mol. The van der Waals surface area contributed by atoms with E-state index in [4.69, 9.17) is 26.8 Å². The van der Waals surface area contributed by atoms with Crippen molar-refractivity contribution in [1.82, 2.24) is 5.32 Å². The first-order valence-corrected chi connectivity index (χ1v) is 5.25. The Morgan fingerprint density at radius 3 is 2.41 bits per heavy atom. The maximum absolute atomic E-state index is 10.9. The third kappa shape index (κ3) is 7.50. The van der Waals surface area contributed by atoms with Gasteiger partial charge in [-0.15, -0.1) is 0 Å². The fraction of sp³-hybridized carbons (Fsp3) is 0.778. The fourth-order valence-electron chi connectivity index (χ4n) is 1.19. The Hall–Kier alpha value is -1.38. The Balaban J connectivity index is 4.08. The molecule has 100 valence electrons. The van der Waals surface area contributed by atoms with Crippen molar-refractivity contribution in [3.05, 3.63) is 0 Å². The van der Waals surface area contributed by atoms with Gasteiger partial charge in [0, 0.05) is 6.54 Å². The number of aliphatic hydroxyl groups is 2. The molecule has 0 aliphatic rings. The molecule has 2 atom stereocenters. The first kappa shape index (κ1) is 15.6. The molecule has 0 aliphatic heterocycles. The van der Waals surface area contributed by atoms with Crippen molar-refractivity contribution < 1.29 is 20.1 Å². The number of guanidine groups is 1. The normalized spacial score (nSPS) is 14.4. The van der Waals surface area contributed by atoms with Crippen molar-refractivity contribution in [3.8, 4) is 0 Å². The molecule has 17 heavy (non-hydrogen) atoms. The van der Waals surface area contributed by atoms with Crippen LogP contribution in [0.2, 0.25) is 0 Å². The van der Waals surface area contributed by atoms with Crippen LogP contribution in [0.15, 0.2) is 4.99 Å². The molecule has 0 aliphatic carbocycles. The van der Waals surface area contributed by atoms with Gasteiger partial charge in [-0.2, -0.15) is 0 Å². The summed E-state index contributed by atoms with van der Waals surface area (Å²) in [5.74, 6) is -1.09. The van der Waals surface area contributed by atoms with Crippen LogP contribution in [0.4, 0.5) is 0 Å². The Labute approximate surface area is 99.3 Å². The lowest BCUT2D eigenvalue weighted by molar-refractivity contribution is -0.141. The molecule has 0 rings (SSSR count). The minimum Gasteiger partial charge on any atom is -0.480 e. The van der Waals surface area contributed by atoms with Crippen LogP contribution in [0.3, 0.4) is 0 Å². The lowest BCUT2D eigenvalue weighted by atomic mass is 10.1. The highest BCUT2D eigenvalue weighted by molar-refractivity contribution is 5.75. The molecule has 8 nitrogen and oxygen atoms in total. The molecule has 0 radical (unpaired) electrons. The van der Waals surface area contributed by atoms with Crippen LogP contribution < -0.4 is 16.8 Å². The predicted molar refractivity (Wildman–Crippen MR) is 62.2 cm³/mol. The fourth-order valence-corrected chi connectivity index (χ4v) is 1.19. The first-order valence-electron chi connectivity index (χ1n) is 5.25. The van der Waals surface area contributed by atoms with Crippen molar-refractivity contribution in [1.29, 1.82) is 0 Å². The van der Waals surface area contributed by atoms with Gasteiger partial charge >= 0.3 is 5.97 Å². The number of hydrogen-bond acceptors (Lipinski definition) is 5. The number of nitrogens with zero attached hydrogens (tertiary/aromatic N) is 1. The van der Waals surface area contributed by atoms with E-state index in [9.17, 15) is 4.79 Å². The van der Waals surface area contributed by atoms with E-state index >= 15 is 0 Å². The van der Waals surface area contributed by atoms with Crippen molar-refractivity contribution in [2.75, 3.05) is 6.54 Å². The second-order valence-corrected chi connectivity index (χ2v) is 3.71. The van der Waals surface area contributed by atoms with E-state index in [0.29, 0.717) is 19.4 Å². The molecule has 0 bridgehead atoms. The van der Waals surface area contributed by atoms with Crippen molar-refractivity contribution in [2.45, 2.75) is 38.1 Å². The molecule has 0 heterocycles. The SMILES string of the molecule is C[C@@H](N[C@H](CCCN=C(N)N)C(=O)O)C(O)O. The van der Waals surface area contributed by atoms with Crippen molar-refractivity contribution in [2.24, 2.45) is 16.5 Å². The zero-order valence-corrected chi connectivity index (χ0v) is 9.71. The zero-order valence-electron chi connectivity index (χ0n) is 9.71. The van der Waals surface area contributed by atoms with Crippen molar-refractivity contribution in [3.63, 3.8) is 0 Å². The summed E-state index contributed by atoms with van der Waals surface area (Å²) in [5.41, 5.74) is 10.2. The van der Waals surface area contributed by atoms with Gasteiger partial charge in [0.2, 0.25) is 0 Å². The highest BCUT2D eigenvalue weighted by Gasteiger charge is 2.21. The van der Waals surface area contributed by atoms with E-state index in [1.54, 1.807) is 0 Å². The van der Waals surface area contributed by atoms with Crippen LogP contribution in [-0.2, 0) is 4.79 Å². The highest BCUT2D eigenvalue weighted by atomic mass is 16.5. The monoisotopic (exact) mass is 248 g/mol. The Bertz CT molecular complexity index is 266.